The van der Waals surface area contributed by atoms with Crippen molar-refractivity contribution in [3.05, 3.63) is 52.8 Å². The fourth-order valence-corrected chi connectivity index (χ4v) is 5.82. The lowest BCUT2D eigenvalue weighted by molar-refractivity contribution is 0.100. The Morgan fingerprint density at radius 2 is 2.08 bits per heavy atom. The number of hydrogen-bond donors (Lipinski definition) is 0. The fraction of sp³-hybridized carbons (Fsp3) is 0.312. The summed E-state index contributed by atoms with van der Waals surface area (Å²) in [5, 5.41) is 0.449. The van der Waals surface area contributed by atoms with Gasteiger partial charge in [-0.3, -0.25) is 4.79 Å². The molecule has 1 aliphatic rings. The average Bonchev–Trinajstić information content (AvgIpc) is 2.96. The normalized spacial score (nSPS) is 23.2. The third-order valence-corrected chi connectivity index (χ3v) is 7.27. The molecule has 5 nitrogen and oxygen atoms in total. The van der Waals surface area contributed by atoms with Gasteiger partial charge in [0.25, 0.3) is 5.91 Å². The maximum Gasteiger partial charge on any atom is 0.285 e. The number of rotatable bonds is 3. The molecule has 126 valence electrons. The molecule has 0 aliphatic carbocycles. The second kappa shape index (κ2) is 7.21. The van der Waals surface area contributed by atoms with E-state index in [9.17, 15) is 9.00 Å². The van der Waals surface area contributed by atoms with Gasteiger partial charge in [0.1, 0.15) is 5.15 Å². The first-order valence-corrected chi connectivity index (χ1v) is 10.8. The molecule has 1 aliphatic heterocycles. The van der Waals surface area contributed by atoms with E-state index >= 15 is 0 Å². The van der Waals surface area contributed by atoms with Crippen LogP contribution in [-0.2, 0) is 9.73 Å². The number of carbonyl (C=O) groups is 1. The summed E-state index contributed by atoms with van der Waals surface area (Å²) in [5.41, 5.74) is 1.04. The molecule has 1 saturated heterocycles. The number of halogens is 1. The van der Waals surface area contributed by atoms with Crippen LogP contribution >= 0.6 is 23.4 Å². The maximum absolute atomic E-state index is 13.3. The van der Waals surface area contributed by atoms with Gasteiger partial charge < -0.3 is 0 Å². The van der Waals surface area contributed by atoms with Crippen LogP contribution < -0.4 is 0 Å². The van der Waals surface area contributed by atoms with Crippen LogP contribution in [0.15, 0.2) is 45.9 Å². The predicted molar refractivity (Wildman–Crippen MR) is 97.0 cm³/mol. The number of aromatic nitrogens is 2. The van der Waals surface area contributed by atoms with Gasteiger partial charge in [-0.1, -0.05) is 41.6 Å². The summed E-state index contributed by atoms with van der Waals surface area (Å²) in [4.78, 5) is 20.9. The van der Waals surface area contributed by atoms with Crippen LogP contribution in [0.5, 0.6) is 0 Å². The minimum absolute atomic E-state index is 0.312. The number of benzene rings is 1. The lowest BCUT2D eigenvalue weighted by Gasteiger charge is -2.13. The summed E-state index contributed by atoms with van der Waals surface area (Å²) in [7, 11) is -2.72. The highest BCUT2D eigenvalue weighted by atomic mass is 35.5. The van der Waals surface area contributed by atoms with E-state index in [1.807, 2.05) is 12.3 Å². The van der Waals surface area contributed by atoms with E-state index in [0.29, 0.717) is 33.7 Å². The van der Waals surface area contributed by atoms with Gasteiger partial charge in [0.05, 0.1) is 20.7 Å². The molecule has 0 bridgehead atoms. The van der Waals surface area contributed by atoms with Crippen molar-refractivity contribution in [2.75, 3.05) is 12.0 Å². The molecule has 0 saturated carbocycles. The van der Waals surface area contributed by atoms with Crippen molar-refractivity contribution in [1.29, 1.82) is 0 Å². The summed E-state index contributed by atoms with van der Waals surface area (Å²) in [5.74, 6) is -0.0512. The number of carbonyl (C=O) groups excluding carboxylic acids is 1. The SMILES string of the molecule is CSc1nc(Cl)cc(C2CCCS2(=O)=NC(=O)c2ccccc2)n1. The highest BCUT2D eigenvalue weighted by Gasteiger charge is 2.33. The molecule has 0 radical (unpaired) electrons. The summed E-state index contributed by atoms with van der Waals surface area (Å²) in [6.45, 7) is 0. The standard InChI is InChI=1S/C16H16ClN3O2S2/c1-23-16-18-12(10-14(17)19-16)13-8-5-9-24(13,22)20-15(21)11-6-3-2-4-7-11/h2-4,6-7,10,13H,5,8-9H2,1H3. The molecule has 1 aromatic carbocycles. The van der Waals surface area contributed by atoms with Crippen molar-refractivity contribution in [2.24, 2.45) is 4.36 Å². The summed E-state index contributed by atoms with van der Waals surface area (Å²) in [6, 6.07) is 10.3. The molecule has 2 aromatic rings. The van der Waals surface area contributed by atoms with Crippen LogP contribution in [0.2, 0.25) is 5.15 Å². The quantitative estimate of drug-likeness (QED) is 0.456. The lowest BCUT2D eigenvalue weighted by Crippen LogP contribution is -2.13. The van der Waals surface area contributed by atoms with Crippen LogP contribution in [0, 0.1) is 0 Å². The van der Waals surface area contributed by atoms with Crippen LogP contribution in [0.3, 0.4) is 0 Å². The van der Waals surface area contributed by atoms with Gasteiger partial charge in [0, 0.05) is 11.3 Å². The van der Waals surface area contributed by atoms with Gasteiger partial charge >= 0.3 is 0 Å². The summed E-state index contributed by atoms with van der Waals surface area (Å²) < 4.78 is 17.4. The zero-order valence-electron chi connectivity index (χ0n) is 13.0. The van der Waals surface area contributed by atoms with Crippen LogP contribution in [0.4, 0.5) is 0 Å². The Morgan fingerprint density at radius 1 is 1.33 bits per heavy atom. The molecule has 2 heterocycles. The monoisotopic (exact) mass is 381 g/mol. The van der Waals surface area contributed by atoms with Crippen molar-refractivity contribution in [3.63, 3.8) is 0 Å². The first-order chi connectivity index (χ1) is 11.5. The Morgan fingerprint density at radius 3 is 2.79 bits per heavy atom. The van der Waals surface area contributed by atoms with E-state index < -0.39 is 20.9 Å². The Labute approximate surface area is 150 Å². The lowest BCUT2D eigenvalue weighted by atomic mass is 10.2. The highest BCUT2D eigenvalue weighted by Crippen LogP contribution is 2.37. The Bertz CT molecular complexity index is 880. The molecular weight excluding hydrogens is 366 g/mol. The predicted octanol–water partition coefficient (Wildman–Crippen LogP) is 4.00. The third-order valence-electron chi connectivity index (χ3n) is 3.81. The summed E-state index contributed by atoms with van der Waals surface area (Å²) in [6.07, 6.45) is 3.27. The van der Waals surface area contributed by atoms with Gasteiger partial charge in [-0.2, -0.15) is 4.36 Å². The van der Waals surface area contributed by atoms with Crippen LogP contribution in [-0.4, -0.2) is 32.1 Å². The number of thioether (sulfide) groups is 1. The third kappa shape index (κ3) is 3.63. The van der Waals surface area contributed by atoms with Crippen LogP contribution in [0.1, 0.15) is 34.1 Å². The number of nitrogens with zero attached hydrogens (tertiary/aromatic N) is 3. The van der Waals surface area contributed by atoms with Crippen molar-refractivity contribution in [2.45, 2.75) is 23.2 Å². The molecule has 1 fully saturated rings. The van der Waals surface area contributed by atoms with E-state index in [-0.39, 0.29) is 0 Å². The molecule has 2 unspecified atom stereocenters. The maximum atomic E-state index is 13.3. The van der Waals surface area contributed by atoms with Crippen LogP contribution in [0.25, 0.3) is 0 Å². The van der Waals surface area contributed by atoms with E-state index in [4.69, 9.17) is 11.6 Å². The van der Waals surface area contributed by atoms with Gasteiger partial charge in [-0.25, -0.2) is 14.2 Å². The molecule has 8 heteroatoms. The van der Waals surface area contributed by atoms with Crippen molar-refractivity contribution in [1.82, 2.24) is 9.97 Å². The Hall–Kier alpha value is -1.44. The minimum atomic E-state index is -2.72. The van der Waals surface area contributed by atoms with Gasteiger partial charge in [-0.15, -0.1) is 0 Å². The average molecular weight is 382 g/mol. The zero-order valence-corrected chi connectivity index (χ0v) is 15.4. The first kappa shape index (κ1) is 17.4. The van der Waals surface area contributed by atoms with Gasteiger partial charge in [0.15, 0.2) is 5.16 Å². The molecule has 0 N–H and O–H groups in total. The number of hydrogen-bond acceptors (Lipinski definition) is 5. The second-order valence-electron chi connectivity index (χ2n) is 5.39. The minimum Gasteiger partial charge on any atom is -0.266 e. The second-order valence-corrected chi connectivity index (χ2v) is 9.09. The molecular formula is C16H16ClN3O2S2. The van der Waals surface area contributed by atoms with Crippen molar-refractivity contribution < 1.29 is 9.00 Å². The number of amides is 1. The molecule has 24 heavy (non-hydrogen) atoms. The Kier molecular flexibility index (Phi) is 5.22. The van der Waals surface area contributed by atoms with Gasteiger partial charge in [0.2, 0.25) is 0 Å². The molecule has 1 aromatic heterocycles. The smallest absolute Gasteiger partial charge is 0.266 e. The van der Waals surface area contributed by atoms with E-state index in [1.165, 1.54) is 11.8 Å². The molecule has 3 rings (SSSR count). The van der Waals surface area contributed by atoms with E-state index in [1.54, 1.807) is 30.3 Å². The topological polar surface area (TPSA) is 72.3 Å². The van der Waals surface area contributed by atoms with Crippen molar-refractivity contribution >= 4 is 39.0 Å². The molecule has 2 atom stereocenters. The molecule has 1 amide bonds. The Balaban J connectivity index is 2.00. The fourth-order valence-electron chi connectivity index (χ4n) is 2.69. The van der Waals surface area contributed by atoms with E-state index in [2.05, 4.69) is 14.3 Å². The van der Waals surface area contributed by atoms with E-state index in [0.717, 1.165) is 6.42 Å². The molecule has 0 spiro atoms. The van der Waals surface area contributed by atoms with Crippen molar-refractivity contribution in [3.8, 4) is 0 Å². The zero-order chi connectivity index (χ0) is 17.2. The highest BCUT2D eigenvalue weighted by molar-refractivity contribution is 7.98. The summed E-state index contributed by atoms with van der Waals surface area (Å²) >= 11 is 7.42. The largest absolute Gasteiger partial charge is 0.285 e. The van der Waals surface area contributed by atoms with Gasteiger partial charge in [-0.05, 0) is 37.3 Å². The first-order valence-electron chi connectivity index (χ1n) is 7.43.